The van der Waals surface area contributed by atoms with Crippen LogP contribution in [-0.2, 0) is 19.6 Å². The quantitative estimate of drug-likeness (QED) is 0.877. The SMILES string of the molecule is CCn1cc(CNC2CCCC2)c2c(CN)cccc21. The van der Waals surface area contributed by atoms with Crippen LogP contribution in [0.1, 0.15) is 43.7 Å². The van der Waals surface area contributed by atoms with Gasteiger partial charge in [0.15, 0.2) is 0 Å². The van der Waals surface area contributed by atoms with Gasteiger partial charge in [-0.05, 0) is 37.0 Å². The van der Waals surface area contributed by atoms with Gasteiger partial charge in [-0.2, -0.15) is 0 Å². The smallest absolute Gasteiger partial charge is 0.0486 e. The van der Waals surface area contributed by atoms with Gasteiger partial charge in [0.1, 0.15) is 0 Å². The van der Waals surface area contributed by atoms with Crippen LogP contribution in [0.5, 0.6) is 0 Å². The maximum absolute atomic E-state index is 5.92. The Labute approximate surface area is 121 Å². The highest BCUT2D eigenvalue weighted by Crippen LogP contribution is 2.26. The highest BCUT2D eigenvalue weighted by atomic mass is 15.0. The Morgan fingerprint density at radius 2 is 2.05 bits per heavy atom. The Balaban J connectivity index is 1.92. The topological polar surface area (TPSA) is 43.0 Å². The van der Waals surface area contributed by atoms with E-state index < -0.39 is 0 Å². The number of rotatable bonds is 5. The summed E-state index contributed by atoms with van der Waals surface area (Å²) >= 11 is 0. The zero-order valence-electron chi connectivity index (χ0n) is 12.4. The van der Waals surface area contributed by atoms with Crippen LogP contribution < -0.4 is 11.1 Å². The van der Waals surface area contributed by atoms with Gasteiger partial charge in [-0.1, -0.05) is 25.0 Å². The molecule has 1 aromatic carbocycles. The van der Waals surface area contributed by atoms with Gasteiger partial charge >= 0.3 is 0 Å². The van der Waals surface area contributed by atoms with Gasteiger partial charge in [0.05, 0.1) is 0 Å². The van der Waals surface area contributed by atoms with E-state index in [0.29, 0.717) is 12.6 Å². The molecule has 20 heavy (non-hydrogen) atoms. The van der Waals surface area contributed by atoms with E-state index in [1.807, 2.05) is 0 Å². The van der Waals surface area contributed by atoms with Crippen molar-refractivity contribution in [3.63, 3.8) is 0 Å². The molecule has 3 heteroatoms. The number of aryl methyl sites for hydroxylation is 1. The number of hydrogen-bond donors (Lipinski definition) is 2. The lowest BCUT2D eigenvalue weighted by Crippen LogP contribution is -2.25. The van der Waals surface area contributed by atoms with Crippen molar-refractivity contribution in [2.75, 3.05) is 0 Å². The van der Waals surface area contributed by atoms with Crippen molar-refractivity contribution in [1.82, 2.24) is 9.88 Å². The molecule has 1 aromatic heterocycles. The molecular weight excluding hydrogens is 246 g/mol. The average Bonchev–Trinajstić information content (AvgIpc) is 3.12. The van der Waals surface area contributed by atoms with Gasteiger partial charge < -0.3 is 15.6 Å². The van der Waals surface area contributed by atoms with Gasteiger partial charge in [-0.3, -0.25) is 0 Å². The fourth-order valence-corrected chi connectivity index (χ4v) is 3.47. The molecule has 0 radical (unpaired) electrons. The van der Waals surface area contributed by atoms with E-state index in [9.17, 15) is 0 Å². The van der Waals surface area contributed by atoms with Crippen LogP contribution in [0.2, 0.25) is 0 Å². The first kappa shape index (κ1) is 13.7. The standard InChI is InChI=1S/C17H25N3/c1-2-20-12-14(11-19-15-7-3-4-8-15)17-13(10-18)6-5-9-16(17)20/h5-6,9,12,15,19H,2-4,7-8,10-11,18H2,1H3. The molecule has 1 heterocycles. The fourth-order valence-electron chi connectivity index (χ4n) is 3.47. The Kier molecular flexibility index (Phi) is 4.08. The fraction of sp³-hybridized carbons (Fsp3) is 0.529. The molecule has 1 aliphatic carbocycles. The first-order chi connectivity index (χ1) is 9.83. The molecule has 3 N–H and O–H groups in total. The number of nitrogens with two attached hydrogens (primary N) is 1. The molecular formula is C17H25N3. The second-order valence-corrected chi connectivity index (χ2v) is 5.82. The first-order valence-corrected chi connectivity index (χ1v) is 7.86. The zero-order valence-corrected chi connectivity index (χ0v) is 12.4. The monoisotopic (exact) mass is 271 g/mol. The Morgan fingerprint density at radius 1 is 1.25 bits per heavy atom. The van der Waals surface area contributed by atoms with E-state index >= 15 is 0 Å². The van der Waals surface area contributed by atoms with Gasteiger partial charge in [0, 0.05) is 42.8 Å². The van der Waals surface area contributed by atoms with E-state index in [0.717, 1.165) is 13.1 Å². The Bertz CT molecular complexity index is 579. The summed E-state index contributed by atoms with van der Waals surface area (Å²) in [6.07, 6.45) is 7.71. The van der Waals surface area contributed by atoms with Crippen molar-refractivity contribution >= 4 is 10.9 Å². The highest BCUT2D eigenvalue weighted by molar-refractivity contribution is 5.87. The lowest BCUT2D eigenvalue weighted by molar-refractivity contribution is 0.525. The molecule has 0 unspecified atom stereocenters. The summed E-state index contributed by atoms with van der Waals surface area (Å²) in [5.41, 5.74) is 9.90. The number of nitrogens with one attached hydrogen (secondary N) is 1. The summed E-state index contributed by atoms with van der Waals surface area (Å²) in [5, 5.41) is 5.09. The zero-order chi connectivity index (χ0) is 13.9. The molecule has 108 valence electrons. The minimum Gasteiger partial charge on any atom is -0.347 e. The molecule has 0 spiro atoms. The van der Waals surface area contributed by atoms with Crippen molar-refractivity contribution in [2.45, 2.75) is 58.3 Å². The molecule has 1 saturated carbocycles. The van der Waals surface area contributed by atoms with Crippen molar-refractivity contribution in [3.8, 4) is 0 Å². The van der Waals surface area contributed by atoms with Crippen LogP contribution in [0, 0.1) is 0 Å². The second kappa shape index (κ2) is 5.98. The molecule has 0 aliphatic heterocycles. The van der Waals surface area contributed by atoms with E-state index in [1.165, 1.54) is 47.7 Å². The molecule has 1 fully saturated rings. The van der Waals surface area contributed by atoms with Gasteiger partial charge in [-0.15, -0.1) is 0 Å². The maximum atomic E-state index is 5.92. The maximum Gasteiger partial charge on any atom is 0.0486 e. The van der Waals surface area contributed by atoms with Crippen LogP contribution in [0.25, 0.3) is 10.9 Å². The van der Waals surface area contributed by atoms with Crippen molar-refractivity contribution in [3.05, 3.63) is 35.5 Å². The van der Waals surface area contributed by atoms with Crippen LogP contribution >= 0.6 is 0 Å². The Hall–Kier alpha value is -1.32. The largest absolute Gasteiger partial charge is 0.347 e. The summed E-state index contributed by atoms with van der Waals surface area (Å²) in [4.78, 5) is 0. The predicted molar refractivity (Wildman–Crippen MR) is 84.6 cm³/mol. The minimum absolute atomic E-state index is 0.613. The van der Waals surface area contributed by atoms with Crippen LogP contribution in [0.3, 0.4) is 0 Å². The minimum atomic E-state index is 0.613. The van der Waals surface area contributed by atoms with Gasteiger partial charge in [-0.25, -0.2) is 0 Å². The number of hydrogen-bond acceptors (Lipinski definition) is 2. The van der Waals surface area contributed by atoms with E-state index in [4.69, 9.17) is 5.73 Å². The lowest BCUT2D eigenvalue weighted by atomic mass is 10.1. The number of nitrogens with zero attached hydrogens (tertiary/aromatic N) is 1. The third-order valence-corrected chi connectivity index (χ3v) is 4.57. The number of fused-ring (bicyclic) bond motifs is 1. The normalized spacial score (nSPS) is 16.3. The van der Waals surface area contributed by atoms with Crippen molar-refractivity contribution < 1.29 is 0 Å². The van der Waals surface area contributed by atoms with E-state index in [-0.39, 0.29) is 0 Å². The Morgan fingerprint density at radius 3 is 2.75 bits per heavy atom. The van der Waals surface area contributed by atoms with Crippen LogP contribution in [-0.4, -0.2) is 10.6 Å². The summed E-state index contributed by atoms with van der Waals surface area (Å²) in [6, 6.07) is 7.18. The highest BCUT2D eigenvalue weighted by Gasteiger charge is 2.16. The molecule has 0 saturated heterocycles. The molecule has 0 amide bonds. The molecule has 3 rings (SSSR count). The molecule has 1 aliphatic rings. The van der Waals surface area contributed by atoms with E-state index in [1.54, 1.807) is 0 Å². The average molecular weight is 271 g/mol. The number of benzene rings is 1. The first-order valence-electron chi connectivity index (χ1n) is 7.86. The summed E-state index contributed by atoms with van der Waals surface area (Å²) < 4.78 is 2.33. The van der Waals surface area contributed by atoms with Crippen molar-refractivity contribution in [2.24, 2.45) is 5.73 Å². The molecule has 3 nitrogen and oxygen atoms in total. The summed E-state index contributed by atoms with van der Waals surface area (Å²) in [5.74, 6) is 0. The van der Waals surface area contributed by atoms with Crippen LogP contribution in [0.15, 0.2) is 24.4 Å². The van der Waals surface area contributed by atoms with Gasteiger partial charge in [0.2, 0.25) is 0 Å². The molecule has 2 aromatic rings. The van der Waals surface area contributed by atoms with Gasteiger partial charge in [0.25, 0.3) is 0 Å². The van der Waals surface area contributed by atoms with Crippen molar-refractivity contribution in [1.29, 1.82) is 0 Å². The third kappa shape index (κ3) is 2.48. The van der Waals surface area contributed by atoms with Crippen LogP contribution in [0.4, 0.5) is 0 Å². The molecule has 0 atom stereocenters. The second-order valence-electron chi connectivity index (χ2n) is 5.82. The lowest BCUT2D eigenvalue weighted by Gasteiger charge is -2.11. The summed E-state index contributed by atoms with van der Waals surface area (Å²) in [6.45, 7) is 4.78. The molecule has 0 bridgehead atoms. The third-order valence-electron chi connectivity index (χ3n) is 4.57. The number of aromatic nitrogens is 1. The summed E-state index contributed by atoms with van der Waals surface area (Å²) in [7, 11) is 0. The van der Waals surface area contributed by atoms with E-state index in [2.05, 4.69) is 41.2 Å². The predicted octanol–water partition coefficient (Wildman–Crippen LogP) is 3.15.